The van der Waals surface area contributed by atoms with Crippen LogP contribution in [0, 0.1) is 0 Å². The third kappa shape index (κ3) is 4.96. The second-order valence-corrected chi connectivity index (χ2v) is 6.38. The molecule has 0 saturated carbocycles. The SMILES string of the molecule is CCN(C(C)(CC)CN)S(=O)(=O)NC(=O)OC(C)C. The zero-order valence-electron chi connectivity index (χ0n) is 12.3. The van der Waals surface area contributed by atoms with E-state index in [1.54, 1.807) is 27.7 Å². The van der Waals surface area contributed by atoms with Crippen molar-refractivity contribution in [3.05, 3.63) is 0 Å². The molecule has 1 atom stereocenters. The molecule has 0 aliphatic carbocycles. The van der Waals surface area contributed by atoms with Gasteiger partial charge in [0.1, 0.15) is 0 Å². The molecule has 19 heavy (non-hydrogen) atoms. The normalized spacial score (nSPS) is 15.4. The summed E-state index contributed by atoms with van der Waals surface area (Å²) < 4.78 is 32.2. The highest BCUT2D eigenvalue weighted by Crippen LogP contribution is 2.20. The van der Waals surface area contributed by atoms with Crippen LogP contribution in [-0.2, 0) is 14.9 Å². The first kappa shape index (κ1) is 18.1. The van der Waals surface area contributed by atoms with Crippen LogP contribution >= 0.6 is 0 Å². The molecular weight excluding hydrogens is 270 g/mol. The number of nitrogens with zero attached hydrogens (tertiary/aromatic N) is 1. The van der Waals surface area contributed by atoms with Gasteiger partial charge in [0, 0.05) is 18.6 Å². The lowest BCUT2D eigenvalue weighted by Crippen LogP contribution is -2.57. The van der Waals surface area contributed by atoms with Crippen LogP contribution in [0.3, 0.4) is 0 Å². The molecule has 1 amide bonds. The predicted octanol–water partition coefficient (Wildman–Crippen LogP) is 0.815. The molecule has 0 aromatic heterocycles. The van der Waals surface area contributed by atoms with E-state index in [1.165, 1.54) is 4.31 Å². The van der Waals surface area contributed by atoms with E-state index in [9.17, 15) is 13.2 Å². The number of nitrogens with two attached hydrogens (primary N) is 1. The molecule has 1 unspecified atom stereocenters. The molecule has 0 radical (unpaired) electrons. The van der Waals surface area contributed by atoms with Gasteiger partial charge in [0.05, 0.1) is 6.10 Å². The summed E-state index contributed by atoms with van der Waals surface area (Å²) in [4.78, 5) is 11.4. The molecule has 114 valence electrons. The number of nitrogens with one attached hydrogen (secondary N) is 1. The van der Waals surface area contributed by atoms with Crippen molar-refractivity contribution in [1.29, 1.82) is 0 Å². The molecule has 0 fully saturated rings. The van der Waals surface area contributed by atoms with Crippen LogP contribution < -0.4 is 10.5 Å². The summed E-state index contributed by atoms with van der Waals surface area (Å²) in [6.07, 6.45) is -0.835. The van der Waals surface area contributed by atoms with Crippen molar-refractivity contribution < 1.29 is 17.9 Å². The maximum Gasteiger partial charge on any atom is 0.422 e. The second kappa shape index (κ2) is 7.06. The Bertz CT molecular complexity index is 391. The molecular formula is C11H25N3O4S. The van der Waals surface area contributed by atoms with Gasteiger partial charge in [0.2, 0.25) is 0 Å². The number of likely N-dealkylation sites (N-methyl/N-ethyl adjacent to an activating group) is 1. The van der Waals surface area contributed by atoms with Gasteiger partial charge in [-0.1, -0.05) is 13.8 Å². The topological polar surface area (TPSA) is 102 Å². The first-order valence-electron chi connectivity index (χ1n) is 6.34. The fourth-order valence-electron chi connectivity index (χ4n) is 1.66. The van der Waals surface area contributed by atoms with Crippen LogP contribution in [0.4, 0.5) is 4.79 Å². The fraction of sp³-hybridized carbons (Fsp3) is 0.909. The summed E-state index contributed by atoms with van der Waals surface area (Å²) in [7, 11) is -3.97. The number of rotatable bonds is 7. The van der Waals surface area contributed by atoms with Crippen LogP contribution in [0.15, 0.2) is 0 Å². The summed E-state index contributed by atoms with van der Waals surface area (Å²) >= 11 is 0. The van der Waals surface area contributed by atoms with Crippen molar-refractivity contribution in [2.75, 3.05) is 13.1 Å². The first-order valence-corrected chi connectivity index (χ1v) is 7.78. The zero-order chi connectivity index (χ0) is 15.3. The molecule has 0 bridgehead atoms. The van der Waals surface area contributed by atoms with Gasteiger partial charge in [-0.15, -0.1) is 0 Å². The number of hydrogen-bond acceptors (Lipinski definition) is 5. The zero-order valence-corrected chi connectivity index (χ0v) is 13.1. The molecule has 8 heteroatoms. The Morgan fingerprint density at radius 2 is 1.95 bits per heavy atom. The van der Waals surface area contributed by atoms with Crippen molar-refractivity contribution in [1.82, 2.24) is 9.03 Å². The van der Waals surface area contributed by atoms with E-state index in [1.807, 2.05) is 11.6 Å². The van der Waals surface area contributed by atoms with E-state index < -0.39 is 27.9 Å². The van der Waals surface area contributed by atoms with E-state index in [2.05, 4.69) is 0 Å². The van der Waals surface area contributed by atoms with E-state index in [0.29, 0.717) is 6.42 Å². The van der Waals surface area contributed by atoms with Gasteiger partial charge >= 0.3 is 16.3 Å². The van der Waals surface area contributed by atoms with Crippen LogP contribution in [0.1, 0.15) is 41.0 Å². The lowest BCUT2D eigenvalue weighted by Gasteiger charge is -2.37. The summed E-state index contributed by atoms with van der Waals surface area (Å²) in [5.74, 6) is 0. The van der Waals surface area contributed by atoms with Crippen LogP contribution in [0.25, 0.3) is 0 Å². The highest BCUT2D eigenvalue weighted by molar-refractivity contribution is 7.87. The molecule has 0 heterocycles. The largest absolute Gasteiger partial charge is 0.446 e. The van der Waals surface area contributed by atoms with Gasteiger partial charge in [-0.25, -0.2) is 9.52 Å². The molecule has 0 saturated heterocycles. The minimum atomic E-state index is -3.97. The van der Waals surface area contributed by atoms with Crippen molar-refractivity contribution in [2.45, 2.75) is 52.7 Å². The number of carbonyl (C=O) groups excluding carboxylic acids is 1. The average Bonchev–Trinajstić information content (AvgIpc) is 2.26. The Hall–Kier alpha value is -0.860. The lowest BCUT2D eigenvalue weighted by molar-refractivity contribution is 0.120. The van der Waals surface area contributed by atoms with E-state index in [4.69, 9.17) is 10.5 Å². The number of amides is 1. The molecule has 0 aliphatic rings. The highest BCUT2D eigenvalue weighted by Gasteiger charge is 2.37. The third-order valence-corrected chi connectivity index (χ3v) is 4.64. The number of ether oxygens (including phenoxy) is 1. The monoisotopic (exact) mass is 295 g/mol. The van der Waals surface area contributed by atoms with Crippen molar-refractivity contribution in [3.63, 3.8) is 0 Å². The lowest BCUT2D eigenvalue weighted by atomic mass is 9.99. The van der Waals surface area contributed by atoms with Gasteiger partial charge in [-0.05, 0) is 27.2 Å². The highest BCUT2D eigenvalue weighted by atomic mass is 32.2. The molecule has 3 N–H and O–H groups in total. The summed E-state index contributed by atoms with van der Waals surface area (Å²) in [5.41, 5.74) is 4.91. The molecule has 0 spiro atoms. The second-order valence-electron chi connectivity index (χ2n) is 4.78. The first-order chi connectivity index (χ1) is 8.62. The van der Waals surface area contributed by atoms with Gasteiger partial charge in [0.15, 0.2) is 0 Å². The summed E-state index contributed by atoms with van der Waals surface area (Å²) in [5, 5.41) is 0. The molecule has 7 nitrogen and oxygen atoms in total. The smallest absolute Gasteiger partial charge is 0.422 e. The molecule has 0 aromatic rings. The summed E-state index contributed by atoms with van der Waals surface area (Å²) in [6, 6.07) is 0. The van der Waals surface area contributed by atoms with Crippen LogP contribution in [0.5, 0.6) is 0 Å². The Kier molecular flexibility index (Phi) is 6.74. The molecule has 0 aliphatic heterocycles. The van der Waals surface area contributed by atoms with Gasteiger partial charge in [0.25, 0.3) is 0 Å². The molecule has 0 aromatic carbocycles. The quantitative estimate of drug-likeness (QED) is 0.724. The minimum absolute atomic E-state index is 0.164. The average molecular weight is 295 g/mol. The third-order valence-electron chi connectivity index (χ3n) is 2.94. The maximum atomic E-state index is 12.2. The fourth-order valence-corrected chi connectivity index (χ4v) is 3.16. The Balaban J connectivity index is 5.10. The standard InChI is InChI=1S/C11H25N3O4S/c1-6-11(5,8-12)14(7-2)19(16,17)13-10(15)18-9(3)4/h9H,6-8,12H2,1-5H3,(H,13,15). The van der Waals surface area contributed by atoms with Crippen molar-refractivity contribution >= 4 is 16.3 Å². The van der Waals surface area contributed by atoms with Gasteiger partial charge in [-0.3, -0.25) is 0 Å². The Morgan fingerprint density at radius 1 is 1.42 bits per heavy atom. The number of hydrogen-bond donors (Lipinski definition) is 2. The minimum Gasteiger partial charge on any atom is -0.446 e. The Morgan fingerprint density at radius 3 is 2.26 bits per heavy atom. The molecule has 0 rings (SSSR count). The maximum absolute atomic E-state index is 12.2. The van der Waals surface area contributed by atoms with E-state index in [-0.39, 0.29) is 13.1 Å². The van der Waals surface area contributed by atoms with Gasteiger partial charge in [-0.2, -0.15) is 12.7 Å². The number of carbonyl (C=O) groups is 1. The van der Waals surface area contributed by atoms with E-state index in [0.717, 1.165) is 0 Å². The van der Waals surface area contributed by atoms with Crippen LogP contribution in [0.2, 0.25) is 0 Å². The Labute approximate surface area is 115 Å². The van der Waals surface area contributed by atoms with Crippen molar-refractivity contribution in [2.24, 2.45) is 5.73 Å². The summed E-state index contributed by atoms with van der Waals surface area (Å²) in [6.45, 7) is 8.93. The van der Waals surface area contributed by atoms with E-state index >= 15 is 0 Å². The van der Waals surface area contributed by atoms with Crippen molar-refractivity contribution in [3.8, 4) is 0 Å². The van der Waals surface area contributed by atoms with Crippen LogP contribution in [-0.4, -0.2) is 43.5 Å². The van der Waals surface area contributed by atoms with Gasteiger partial charge < -0.3 is 10.5 Å². The predicted molar refractivity (Wildman–Crippen MR) is 73.8 cm³/mol.